The summed E-state index contributed by atoms with van der Waals surface area (Å²) < 4.78 is 13.3. The van der Waals surface area contributed by atoms with Crippen LogP contribution in [-0.4, -0.2) is 9.97 Å². The standard InChI is InChI=1S/C46H32N2O2/c1-2-12-27(13-3-1)28-22-29(38-26-47-44-34-17-6-4-14-31(34)32-15-5-7-18-35(32)45(44)48-38)24-30(23-28)42-43-36-19-9-11-21-40(36)49-41(43)25-37-33-16-8-10-20-39(33)50-46(37)42/h4-11,14-27H,1-3,12-13H2. The van der Waals surface area contributed by atoms with E-state index in [-0.39, 0.29) is 0 Å². The van der Waals surface area contributed by atoms with Gasteiger partial charge in [-0.1, -0.05) is 110 Å². The highest BCUT2D eigenvalue weighted by Gasteiger charge is 2.24. The first-order chi connectivity index (χ1) is 24.8. The Morgan fingerprint density at radius 2 is 1.12 bits per heavy atom. The molecular formula is C46H32N2O2. The molecule has 0 atom stereocenters. The second kappa shape index (κ2) is 10.8. The maximum atomic E-state index is 6.77. The molecule has 238 valence electrons. The largest absolute Gasteiger partial charge is 0.456 e. The molecule has 0 N–H and O–H groups in total. The van der Waals surface area contributed by atoms with Crippen molar-refractivity contribution < 1.29 is 8.83 Å². The predicted molar refractivity (Wildman–Crippen MR) is 206 cm³/mol. The molecule has 1 aliphatic rings. The van der Waals surface area contributed by atoms with Gasteiger partial charge in [0.2, 0.25) is 0 Å². The van der Waals surface area contributed by atoms with Crippen LogP contribution in [-0.2, 0) is 0 Å². The molecule has 3 aromatic heterocycles. The average molecular weight is 645 g/mol. The Morgan fingerprint density at radius 1 is 0.500 bits per heavy atom. The van der Waals surface area contributed by atoms with Crippen molar-refractivity contribution in [3.05, 3.63) is 133 Å². The average Bonchev–Trinajstić information content (AvgIpc) is 3.75. The van der Waals surface area contributed by atoms with E-state index >= 15 is 0 Å². The van der Waals surface area contributed by atoms with E-state index in [9.17, 15) is 0 Å². The van der Waals surface area contributed by atoms with Crippen LogP contribution in [0, 0.1) is 0 Å². The molecule has 0 amide bonds. The van der Waals surface area contributed by atoms with E-state index in [0.717, 1.165) is 88.1 Å². The molecule has 3 heterocycles. The monoisotopic (exact) mass is 644 g/mol. The van der Waals surface area contributed by atoms with E-state index in [2.05, 4.69) is 109 Å². The van der Waals surface area contributed by atoms with Gasteiger partial charge < -0.3 is 8.83 Å². The van der Waals surface area contributed by atoms with Gasteiger partial charge in [-0.25, -0.2) is 4.98 Å². The Kier molecular flexibility index (Phi) is 6.00. The summed E-state index contributed by atoms with van der Waals surface area (Å²) in [5, 5.41) is 8.98. The zero-order valence-electron chi connectivity index (χ0n) is 27.4. The van der Waals surface area contributed by atoms with Crippen molar-refractivity contribution in [2.24, 2.45) is 0 Å². The third-order valence-corrected chi connectivity index (χ3v) is 11.1. The van der Waals surface area contributed by atoms with Gasteiger partial charge in [0.15, 0.2) is 0 Å². The molecule has 50 heavy (non-hydrogen) atoms. The summed E-state index contributed by atoms with van der Waals surface area (Å²) in [7, 11) is 0. The first-order valence-electron chi connectivity index (χ1n) is 17.8. The molecule has 0 radical (unpaired) electrons. The zero-order valence-corrected chi connectivity index (χ0v) is 27.4. The van der Waals surface area contributed by atoms with E-state index in [4.69, 9.17) is 18.8 Å². The van der Waals surface area contributed by atoms with Crippen molar-refractivity contribution in [2.75, 3.05) is 0 Å². The first-order valence-corrected chi connectivity index (χ1v) is 17.8. The SMILES string of the molecule is c1ccc2c(c1)oc1c(-c3cc(-c4cnc5c6ccccc6c6ccccc6c5n4)cc(C4CCCCC4)c3)c3c(cc12)oc1ccccc13. The van der Waals surface area contributed by atoms with Crippen LogP contribution in [0.5, 0.6) is 0 Å². The van der Waals surface area contributed by atoms with Gasteiger partial charge in [-0.3, -0.25) is 4.98 Å². The second-order valence-corrected chi connectivity index (χ2v) is 13.9. The number of hydrogen-bond acceptors (Lipinski definition) is 4. The van der Waals surface area contributed by atoms with Gasteiger partial charge in [-0.05, 0) is 71.0 Å². The van der Waals surface area contributed by atoms with E-state index in [1.807, 2.05) is 18.3 Å². The highest BCUT2D eigenvalue weighted by atomic mass is 16.3. The van der Waals surface area contributed by atoms with Crippen LogP contribution in [0.25, 0.3) is 98.8 Å². The molecule has 1 fully saturated rings. The number of furan rings is 2. The van der Waals surface area contributed by atoms with Crippen LogP contribution in [0.3, 0.4) is 0 Å². The van der Waals surface area contributed by atoms with Gasteiger partial charge in [-0.2, -0.15) is 0 Å². The van der Waals surface area contributed by atoms with Gasteiger partial charge in [-0.15, -0.1) is 0 Å². The molecule has 4 heteroatoms. The van der Waals surface area contributed by atoms with Crippen LogP contribution in [0.1, 0.15) is 43.6 Å². The van der Waals surface area contributed by atoms with E-state index < -0.39 is 0 Å². The van der Waals surface area contributed by atoms with Crippen molar-refractivity contribution in [1.82, 2.24) is 9.97 Å². The number of nitrogens with zero attached hydrogens (tertiary/aromatic N) is 2. The smallest absolute Gasteiger partial charge is 0.144 e. The number of rotatable bonds is 3. The number of benzene rings is 7. The molecule has 0 saturated heterocycles. The molecule has 0 spiro atoms. The first kappa shape index (κ1) is 27.9. The number of hydrogen-bond donors (Lipinski definition) is 0. The Balaban J connectivity index is 1.23. The third-order valence-electron chi connectivity index (χ3n) is 11.1. The molecule has 0 aliphatic heterocycles. The highest BCUT2D eigenvalue weighted by molar-refractivity contribution is 6.24. The fraction of sp³-hybridized carbons (Fsp3) is 0.130. The Bertz CT molecular complexity index is 2940. The lowest BCUT2D eigenvalue weighted by molar-refractivity contribution is 0.444. The summed E-state index contributed by atoms with van der Waals surface area (Å²) in [5.74, 6) is 0.493. The second-order valence-electron chi connectivity index (χ2n) is 13.9. The van der Waals surface area contributed by atoms with E-state index in [1.165, 1.54) is 48.4 Å². The molecule has 1 saturated carbocycles. The molecular weight excluding hydrogens is 613 g/mol. The Hall–Kier alpha value is -6.00. The Morgan fingerprint density at radius 3 is 1.88 bits per heavy atom. The minimum absolute atomic E-state index is 0.493. The summed E-state index contributed by atoms with van der Waals surface area (Å²) in [6.07, 6.45) is 8.19. The van der Waals surface area contributed by atoms with Gasteiger partial charge in [0.05, 0.1) is 22.9 Å². The van der Waals surface area contributed by atoms with Crippen LogP contribution in [0.15, 0.2) is 136 Å². The van der Waals surface area contributed by atoms with Gasteiger partial charge in [0, 0.05) is 43.4 Å². The van der Waals surface area contributed by atoms with Gasteiger partial charge in [0.1, 0.15) is 22.3 Å². The maximum Gasteiger partial charge on any atom is 0.144 e. The maximum absolute atomic E-state index is 6.77. The number of fused-ring (bicyclic) bond motifs is 12. The third kappa shape index (κ3) is 4.11. The van der Waals surface area contributed by atoms with Crippen LogP contribution >= 0.6 is 0 Å². The summed E-state index contributed by atoms with van der Waals surface area (Å²) >= 11 is 0. The molecule has 0 bridgehead atoms. The lowest BCUT2D eigenvalue weighted by Crippen LogP contribution is -2.05. The fourth-order valence-electron chi connectivity index (χ4n) is 8.72. The quantitative estimate of drug-likeness (QED) is 0.180. The summed E-state index contributed by atoms with van der Waals surface area (Å²) in [6.45, 7) is 0. The van der Waals surface area contributed by atoms with Gasteiger partial charge >= 0.3 is 0 Å². The van der Waals surface area contributed by atoms with Crippen molar-refractivity contribution in [3.8, 4) is 22.4 Å². The fourth-order valence-corrected chi connectivity index (χ4v) is 8.72. The van der Waals surface area contributed by atoms with E-state index in [0.29, 0.717) is 5.92 Å². The molecule has 0 unspecified atom stereocenters. The van der Waals surface area contributed by atoms with Crippen LogP contribution in [0.2, 0.25) is 0 Å². The van der Waals surface area contributed by atoms with Crippen molar-refractivity contribution >= 4 is 76.5 Å². The zero-order chi connectivity index (χ0) is 32.8. The summed E-state index contributed by atoms with van der Waals surface area (Å²) in [6, 6.07) is 43.0. The number of para-hydroxylation sites is 2. The lowest BCUT2D eigenvalue weighted by Gasteiger charge is -2.23. The summed E-state index contributed by atoms with van der Waals surface area (Å²) in [5.41, 5.74) is 10.9. The summed E-state index contributed by atoms with van der Waals surface area (Å²) in [4.78, 5) is 10.6. The predicted octanol–water partition coefficient (Wildman–Crippen LogP) is 13.1. The molecule has 7 aromatic carbocycles. The molecule has 10 aromatic rings. The van der Waals surface area contributed by atoms with Crippen molar-refractivity contribution in [3.63, 3.8) is 0 Å². The minimum atomic E-state index is 0.493. The topological polar surface area (TPSA) is 52.1 Å². The molecule has 11 rings (SSSR count). The van der Waals surface area contributed by atoms with Crippen molar-refractivity contribution in [2.45, 2.75) is 38.0 Å². The molecule has 4 nitrogen and oxygen atoms in total. The van der Waals surface area contributed by atoms with Crippen LogP contribution < -0.4 is 0 Å². The van der Waals surface area contributed by atoms with Crippen LogP contribution in [0.4, 0.5) is 0 Å². The highest BCUT2D eigenvalue weighted by Crippen LogP contribution is 2.47. The number of aromatic nitrogens is 2. The lowest BCUT2D eigenvalue weighted by atomic mass is 9.82. The van der Waals surface area contributed by atoms with Crippen molar-refractivity contribution in [1.29, 1.82) is 0 Å². The Labute approximate surface area is 288 Å². The minimum Gasteiger partial charge on any atom is -0.456 e. The normalized spacial score (nSPS) is 14.3. The van der Waals surface area contributed by atoms with E-state index in [1.54, 1.807) is 0 Å². The van der Waals surface area contributed by atoms with Gasteiger partial charge in [0.25, 0.3) is 0 Å². The molecule has 1 aliphatic carbocycles.